The molecule has 0 bridgehead atoms. The monoisotopic (exact) mass is 478 g/mol. The van der Waals surface area contributed by atoms with Crippen molar-refractivity contribution >= 4 is 5.91 Å². The second-order valence-electron chi connectivity index (χ2n) is 9.09. The summed E-state index contributed by atoms with van der Waals surface area (Å²) in [6.07, 6.45) is 6.70. The van der Waals surface area contributed by atoms with E-state index in [1.807, 2.05) is 72.8 Å². The zero-order valence-electron chi connectivity index (χ0n) is 20.2. The zero-order chi connectivity index (χ0) is 24.6. The van der Waals surface area contributed by atoms with Crippen LogP contribution in [0.1, 0.15) is 35.7 Å². The Kier molecular flexibility index (Phi) is 7.64. The predicted molar refractivity (Wildman–Crippen MR) is 139 cm³/mol. The molecule has 1 aliphatic rings. The Balaban J connectivity index is 1.14. The minimum absolute atomic E-state index is 0.00854. The number of ether oxygens (including phenoxy) is 1. The molecule has 0 radical (unpaired) electrons. The highest BCUT2D eigenvalue weighted by Gasteiger charge is 2.28. The minimum atomic E-state index is -0.304. The van der Waals surface area contributed by atoms with Gasteiger partial charge in [0.2, 0.25) is 5.91 Å². The van der Waals surface area contributed by atoms with E-state index in [0.29, 0.717) is 0 Å². The first-order chi connectivity index (χ1) is 17.7. The molecule has 1 amide bonds. The Morgan fingerprint density at radius 3 is 2.22 bits per heavy atom. The van der Waals surface area contributed by atoms with Crippen molar-refractivity contribution in [1.82, 2.24) is 20.2 Å². The fourth-order valence-corrected chi connectivity index (χ4v) is 4.59. The van der Waals surface area contributed by atoms with Crippen LogP contribution in [0, 0.1) is 5.92 Å². The molecule has 6 nitrogen and oxygen atoms in total. The van der Waals surface area contributed by atoms with Gasteiger partial charge in [-0.1, -0.05) is 60.7 Å². The molecule has 3 aromatic carbocycles. The Morgan fingerprint density at radius 2 is 1.56 bits per heavy atom. The van der Waals surface area contributed by atoms with E-state index in [1.54, 1.807) is 18.6 Å². The molecule has 6 heteroatoms. The van der Waals surface area contributed by atoms with Crippen molar-refractivity contribution in [1.29, 1.82) is 0 Å². The van der Waals surface area contributed by atoms with Gasteiger partial charge in [-0.15, -0.1) is 0 Å². The van der Waals surface area contributed by atoms with Crippen molar-refractivity contribution in [3.05, 3.63) is 120 Å². The van der Waals surface area contributed by atoms with Crippen molar-refractivity contribution in [3.63, 3.8) is 0 Å². The fraction of sp³-hybridized carbons (Fsp3) is 0.233. The lowest BCUT2D eigenvalue weighted by molar-refractivity contribution is -0.127. The normalized spacial score (nSPS) is 15.2. The number of nitrogens with zero attached hydrogens (tertiary/aromatic N) is 3. The molecule has 1 N–H and O–H groups in total. The molecule has 0 saturated carbocycles. The maximum absolute atomic E-state index is 13.2. The molecule has 1 aliphatic heterocycles. The van der Waals surface area contributed by atoms with Crippen LogP contribution in [0.2, 0.25) is 0 Å². The highest BCUT2D eigenvalue weighted by Crippen LogP contribution is 2.25. The molecule has 2 heterocycles. The van der Waals surface area contributed by atoms with E-state index >= 15 is 0 Å². The third-order valence-electron chi connectivity index (χ3n) is 6.57. The Labute approximate surface area is 212 Å². The number of hydrogen-bond acceptors (Lipinski definition) is 5. The number of likely N-dealkylation sites (tertiary alicyclic amines) is 1. The topological polar surface area (TPSA) is 67.4 Å². The average molecular weight is 479 g/mol. The van der Waals surface area contributed by atoms with E-state index in [0.717, 1.165) is 55.2 Å². The second kappa shape index (κ2) is 11.6. The van der Waals surface area contributed by atoms with E-state index in [4.69, 9.17) is 4.74 Å². The van der Waals surface area contributed by atoms with Gasteiger partial charge in [0, 0.05) is 24.9 Å². The van der Waals surface area contributed by atoms with E-state index < -0.39 is 0 Å². The van der Waals surface area contributed by atoms with Crippen LogP contribution in [0.3, 0.4) is 0 Å². The summed E-state index contributed by atoms with van der Waals surface area (Å²) in [5.74, 6) is 1.73. The van der Waals surface area contributed by atoms with Crippen LogP contribution in [0.25, 0.3) is 0 Å². The number of carbonyl (C=O) groups is 1. The highest BCUT2D eigenvalue weighted by atomic mass is 16.5. The zero-order valence-corrected chi connectivity index (χ0v) is 20.2. The first kappa shape index (κ1) is 23.7. The van der Waals surface area contributed by atoms with Gasteiger partial charge < -0.3 is 10.1 Å². The van der Waals surface area contributed by atoms with E-state index in [1.165, 1.54) is 5.56 Å². The summed E-state index contributed by atoms with van der Waals surface area (Å²) in [6, 6.07) is 27.7. The van der Waals surface area contributed by atoms with Gasteiger partial charge in [0.25, 0.3) is 0 Å². The number of rotatable bonds is 8. The lowest BCUT2D eigenvalue weighted by Gasteiger charge is -2.32. The average Bonchev–Trinajstić information content (AvgIpc) is 2.94. The maximum atomic E-state index is 13.2. The molecule has 0 aliphatic carbocycles. The van der Waals surface area contributed by atoms with Crippen molar-refractivity contribution in [3.8, 4) is 11.5 Å². The molecule has 182 valence electrons. The van der Waals surface area contributed by atoms with Gasteiger partial charge in [0.05, 0.1) is 17.9 Å². The number of carbonyl (C=O) groups excluding carboxylic acids is 1. The van der Waals surface area contributed by atoms with E-state index in [9.17, 15) is 4.79 Å². The smallest absolute Gasteiger partial charge is 0.224 e. The van der Waals surface area contributed by atoms with Crippen molar-refractivity contribution < 1.29 is 9.53 Å². The van der Waals surface area contributed by atoms with Gasteiger partial charge in [0.15, 0.2) is 0 Å². The van der Waals surface area contributed by atoms with Crippen LogP contribution in [0.15, 0.2) is 104 Å². The molecular formula is C30H30N4O2. The van der Waals surface area contributed by atoms with E-state index in [-0.39, 0.29) is 17.9 Å². The van der Waals surface area contributed by atoms with Crippen LogP contribution in [0.4, 0.5) is 0 Å². The SMILES string of the molecule is O=C(NC(c1ccccc1)c1cnccn1)C1CCN(Cc2ccc(Oc3ccccc3)cc2)CC1. The van der Waals surface area contributed by atoms with Crippen LogP contribution in [-0.2, 0) is 11.3 Å². The summed E-state index contributed by atoms with van der Waals surface area (Å²) in [6.45, 7) is 2.65. The van der Waals surface area contributed by atoms with Gasteiger partial charge in [0.1, 0.15) is 11.5 Å². The van der Waals surface area contributed by atoms with Crippen molar-refractivity contribution in [2.24, 2.45) is 5.92 Å². The van der Waals surface area contributed by atoms with Crippen molar-refractivity contribution in [2.75, 3.05) is 13.1 Å². The molecular weight excluding hydrogens is 448 g/mol. The van der Waals surface area contributed by atoms with Crippen molar-refractivity contribution in [2.45, 2.75) is 25.4 Å². The Bertz CT molecular complexity index is 1190. The van der Waals surface area contributed by atoms with Gasteiger partial charge >= 0.3 is 0 Å². The lowest BCUT2D eigenvalue weighted by Crippen LogP contribution is -2.41. The molecule has 36 heavy (non-hydrogen) atoms. The third-order valence-corrected chi connectivity index (χ3v) is 6.57. The lowest BCUT2D eigenvalue weighted by atomic mass is 9.94. The third kappa shape index (κ3) is 6.15. The molecule has 5 rings (SSSR count). The van der Waals surface area contributed by atoms with Crippen LogP contribution < -0.4 is 10.1 Å². The number of benzene rings is 3. The molecule has 1 aromatic heterocycles. The molecule has 1 atom stereocenters. The van der Waals surface area contributed by atoms with Crippen LogP contribution >= 0.6 is 0 Å². The number of piperidine rings is 1. The molecule has 4 aromatic rings. The number of amides is 1. The predicted octanol–water partition coefficient (Wildman–Crippen LogP) is 5.39. The minimum Gasteiger partial charge on any atom is -0.457 e. The quantitative estimate of drug-likeness (QED) is 0.368. The van der Waals surface area contributed by atoms with Gasteiger partial charge in [-0.3, -0.25) is 19.7 Å². The standard InChI is InChI=1S/C30H30N4O2/c35-30(33-29(24-7-3-1-4-8-24)28-21-31-17-18-32-28)25-15-19-34(20-16-25)22-23-11-13-27(14-12-23)36-26-9-5-2-6-10-26/h1-14,17-18,21,25,29H,15-16,19-20,22H2,(H,33,35). The summed E-state index contributed by atoms with van der Waals surface area (Å²) in [7, 11) is 0. The Morgan fingerprint density at radius 1 is 0.889 bits per heavy atom. The second-order valence-corrected chi connectivity index (χ2v) is 9.09. The van der Waals surface area contributed by atoms with Gasteiger partial charge in [-0.05, 0) is 61.3 Å². The number of nitrogens with one attached hydrogen (secondary N) is 1. The summed E-state index contributed by atoms with van der Waals surface area (Å²) < 4.78 is 5.89. The summed E-state index contributed by atoms with van der Waals surface area (Å²) in [5, 5.41) is 3.24. The summed E-state index contributed by atoms with van der Waals surface area (Å²) >= 11 is 0. The number of para-hydroxylation sites is 1. The first-order valence-electron chi connectivity index (χ1n) is 12.4. The number of hydrogen-bond donors (Lipinski definition) is 1. The summed E-state index contributed by atoms with van der Waals surface area (Å²) in [5.41, 5.74) is 2.99. The molecule has 1 unspecified atom stereocenters. The van der Waals surface area contributed by atoms with Crippen LogP contribution in [0.5, 0.6) is 11.5 Å². The fourth-order valence-electron chi connectivity index (χ4n) is 4.59. The molecule has 0 spiro atoms. The van der Waals surface area contributed by atoms with E-state index in [2.05, 4.69) is 32.3 Å². The van der Waals surface area contributed by atoms with Crippen LogP contribution in [-0.4, -0.2) is 33.9 Å². The maximum Gasteiger partial charge on any atom is 0.224 e. The largest absolute Gasteiger partial charge is 0.457 e. The van der Waals surface area contributed by atoms with Gasteiger partial charge in [-0.25, -0.2) is 0 Å². The Hall–Kier alpha value is -4.03. The number of aromatic nitrogens is 2. The first-order valence-corrected chi connectivity index (χ1v) is 12.4. The molecule has 1 saturated heterocycles. The molecule has 1 fully saturated rings. The summed E-state index contributed by atoms with van der Waals surface area (Å²) in [4.78, 5) is 24.3. The van der Waals surface area contributed by atoms with Gasteiger partial charge in [-0.2, -0.15) is 0 Å². The highest BCUT2D eigenvalue weighted by molar-refractivity contribution is 5.79.